The highest BCUT2D eigenvalue weighted by Crippen LogP contribution is 2.49. The normalized spacial score (nSPS) is 27.1. The van der Waals surface area contributed by atoms with Crippen molar-refractivity contribution in [3.8, 4) is 0 Å². The van der Waals surface area contributed by atoms with Crippen molar-refractivity contribution in [1.29, 1.82) is 0 Å². The number of nitrogens with zero attached hydrogens (tertiary/aromatic N) is 3. The van der Waals surface area contributed by atoms with Crippen LogP contribution in [0.4, 0.5) is 0 Å². The zero-order chi connectivity index (χ0) is 11.9. The third-order valence-electron chi connectivity index (χ3n) is 3.18. The van der Waals surface area contributed by atoms with E-state index in [9.17, 15) is 0 Å². The maximum atomic E-state index is 6.23. The summed E-state index contributed by atoms with van der Waals surface area (Å²) in [7, 11) is 0. The summed E-state index contributed by atoms with van der Waals surface area (Å²) >= 11 is 6.23. The molecule has 2 atom stereocenters. The Balaban J connectivity index is 1.96. The fourth-order valence-electron chi connectivity index (χ4n) is 2.17. The summed E-state index contributed by atoms with van der Waals surface area (Å²) in [6, 6.07) is 7.78. The largest absolute Gasteiger partial charge is 0.359 e. The Morgan fingerprint density at radius 3 is 2.82 bits per heavy atom. The van der Waals surface area contributed by atoms with Crippen molar-refractivity contribution in [3.63, 3.8) is 0 Å². The van der Waals surface area contributed by atoms with Gasteiger partial charge in [-0.3, -0.25) is 0 Å². The summed E-state index contributed by atoms with van der Waals surface area (Å²) in [5.41, 5.74) is 0.663. The van der Waals surface area contributed by atoms with Gasteiger partial charge < -0.3 is 4.74 Å². The molecular weight excluding hydrogens is 238 g/mol. The van der Waals surface area contributed by atoms with E-state index in [0.717, 1.165) is 10.6 Å². The van der Waals surface area contributed by atoms with Gasteiger partial charge in [-0.05, 0) is 13.0 Å². The first kappa shape index (κ1) is 10.7. The monoisotopic (exact) mass is 249 g/mol. The van der Waals surface area contributed by atoms with Crippen molar-refractivity contribution in [3.05, 3.63) is 47.5 Å². The molecule has 1 aliphatic heterocycles. The molecule has 17 heavy (non-hydrogen) atoms. The van der Waals surface area contributed by atoms with Gasteiger partial charge in [-0.1, -0.05) is 29.8 Å². The van der Waals surface area contributed by atoms with E-state index in [4.69, 9.17) is 16.3 Å². The molecule has 0 aliphatic carbocycles. The van der Waals surface area contributed by atoms with Crippen molar-refractivity contribution in [1.82, 2.24) is 14.8 Å². The third kappa shape index (κ3) is 1.73. The second-order valence-electron chi connectivity index (χ2n) is 4.22. The van der Waals surface area contributed by atoms with Gasteiger partial charge in [0.25, 0.3) is 0 Å². The molecule has 3 rings (SSSR count). The van der Waals surface area contributed by atoms with Crippen LogP contribution in [0.3, 0.4) is 0 Å². The standard InChI is InChI=1S/C12H12ClN3O/c1-9-12(17-9,6-16-8-14-7-15-16)10-4-2-3-5-11(10)13/h2-5,7-9H,6H2,1H3/t9-,12+/m0/s1. The van der Waals surface area contributed by atoms with Crippen molar-refractivity contribution in [2.75, 3.05) is 0 Å². The van der Waals surface area contributed by atoms with Crippen molar-refractivity contribution in [2.45, 2.75) is 25.2 Å². The number of benzene rings is 1. The van der Waals surface area contributed by atoms with Crippen LogP contribution in [-0.4, -0.2) is 20.9 Å². The first-order chi connectivity index (χ1) is 8.22. The molecule has 0 spiro atoms. The molecule has 1 aromatic heterocycles. The van der Waals surface area contributed by atoms with Gasteiger partial charge in [-0.15, -0.1) is 0 Å². The van der Waals surface area contributed by atoms with Gasteiger partial charge in [0.1, 0.15) is 18.3 Å². The minimum absolute atomic E-state index is 0.145. The average Bonchev–Trinajstić information content (AvgIpc) is 2.76. The molecule has 5 heteroatoms. The van der Waals surface area contributed by atoms with Gasteiger partial charge in [-0.2, -0.15) is 5.10 Å². The van der Waals surface area contributed by atoms with E-state index in [0.29, 0.717) is 6.54 Å². The Kier molecular flexibility index (Phi) is 2.42. The lowest BCUT2D eigenvalue weighted by atomic mass is 9.96. The molecule has 2 heterocycles. The van der Waals surface area contributed by atoms with Crippen LogP contribution in [0.1, 0.15) is 12.5 Å². The zero-order valence-electron chi connectivity index (χ0n) is 9.38. The lowest BCUT2D eigenvalue weighted by Crippen LogP contribution is -2.20. The SMILES string of the molecule is C[C@@H]1O[C@@]1(Cn1cncn1)c1ccccc1Cl. The topological polar surface area (TPSA) is 43.2 Å². The molecule has 0 saturated carbocycles. The van der Waals surface area contributed by atoms with Crippen LogP contribution in [0.25, 0.3) is 0 Å². The van der Waals surface area contributed by atoms with Crippen LogP contribution in [0.15, 0.2) is 36.9 Å². The van der Waals surface area contributed by atoms with E-state index < -0.39 is 0 Å². The molecule has 1 aromatic carbocycles. The third-order valence-corrected chi connectivity index (χ3v) is 3.51. The lowest BCUT2D eigenvalue weighted by molar-refractivity contribution is 0.264. The Morgan fingerprint density at radius 2 is 2.24 bits per heavy atom. The number of hydrogen-bond acceptors (Lipinski definition) is 3. The highest BCUT2D eigenvalue weighted by molar-refractivity contribution is 6.31. The molecule has 1 saturated heterocycles. The predicted octanol–water partition coefficient (Wildman–Crippen LogP) is 2.25. The van der Waals surface area contributed by atoms with Gasteiger partial charge in [0, 0.05) is 10.6 Å². The Labute approximate surface area is 104 Å². The number of rotatable bonds is 3. The van der Waals surface area contributed by atoms with Gasteiger partial charge >= 0.3 is 0 Å². The highest BCUT2D eigenvalue weighted by Gasteiger charge is 2.56. The van der Waals surface area contributed by atoms with E-state index in [2.05, 4.69) is 10.1 Å². The number of halogens is 1. The van der Waals surface area contributed by atoms with Crippen LogP contribution < -0.4 is 0 Å². The van der Waals surface area contributed by atoms with Crippen LogP contribution in [0.2, 0.25) is 5.02 Å². The van der Waals surface area contributed by atoms with E-state index in [1.165, 1.54) is 6.33 Å². The minimum Gasteiger partial charge on any atom is -0.359 e. The molecular formula is C12H12ClN3O. The molecule has 1 fully saturated rings. The molecule has 0 bridgehead atoms. The summed E-state index contributed by atoms with van der Waals surface area (Å²) in [4.78, 5) is 3.94. The summed E-state index contributed by atoms with van der Waals surface area (Å²) < 4.78 is 7.54. The average molecular weight is 250 g/mol. The second-order valence-corrected chi connectivity index (χ2v) is 4.63. The molecule has 0 radical (unpaired) electrons. The number of ether oxygens (including phenoxy) is 1. The van der Waals surface area contributed by atoms with Gasteiger partial charge in [-0.25, -0.2) is 9.67 Å². The number of hydrogen-bond donors (Lipinski definition) is 0. The highest BCUT2D eigenvalue weighted by atomic mass is 35.5. The number of aromatic nitrogens is 3. The van der Waals surface area contributed by atoms with Crippen LogP contribution in [0, 0.1) is 0 Å². The molecule has 0 unspecified atom stereocenters. The van der Waals surface area contributed by atoms with Crippen molar-refractivity contribution >= 4 is 11.6 Å². The van der Waals surface area contributed by atoms with E-state index in [1.54, 1.807) is 11.0 Å². The van der Waals surface area contributed by atoms with E-state index in [1.807, 2.05) is 31.2 Å². The quantitative estimate of drug-likeness (QED) is 0.784. The van der Waals surface area contributed by atoms with Gasteiger partial charge in [0.2, 0.25) is 0 Å². The molecule has 0 amide bonds. The van der Waals surface area contributed by atoms with Crippen LogP contribution in [0.5, 0.6) is 0 Å². The Morgan fingerprint density at radius 1 is 1.47 bits per heavy atom. The molecule has 88 valence electrons. The molecule has 0 N–H and O–H groups in total. The Hall–Kier alpha value is -1.39. The molecule has 2 aromatic rings. The summed E-state index contributed by atoms with van der Waals surface area (Å²) in [6.07, 6.45) is 3.35. The smallest absolute Gasteiger partial charge is 0.140 e. The van der Waals surface area contributed by atoms with Crippen LogP contribution in [-0.2, 0) is 16.9 Å². The second kappa shape index (κ2) is 3.82. The summed E-state index contributed by atoms with van der Waals surface area (Å²) in [6.45, 7) is 2.68. The molecule has 1 aliphatic rings. The maximum absolute atomic E-state index is 6.23. The summed E-state index contributed by atoms with van der Waals surface area (Å²) in [5.74, 6) is 0. The fraction of sp³-hybridized carbons (Fsp3) is 0.333. The van der Waals surface area contributed by atoms with Gasteiger partial charge in [0.05, 0.1) is 12.6 Å². The van der Waals surface area contributed by atoms with Crippen molar-refractivity contribution < 1.29 is 4.74 Å². The minimum atomic E-state index is -0.355. The van der Waals surface area contributed by atoms with Crippen molar-refractivity contribution in [2.24, 2.45) is 0 Å². The Bertz CT molecular complexity index is 528. The predicted molar refractivity (Wildman–Crippen MR) is 63.7 cm³/mol. The molecule has 4 nitrogen and oxygen atoms in total. The zero-order valence-corrected chi connectivity index (χ0v) is 10.1. The van der Waals surface area contributed by atoms with E-state index >= 15 is 0 Å². The van der Waals surface area contributed by atoms with Crippen LogP contribution >= 0.6 is 11.6 Å². The fourth-order valence-corrected chi connectivity index (χ4v) is 2.47. The van der Waals surface area contributed by atoms with E-state index in [-0.39, 0.29) is 11.7 Å². The first-order valence-electron chi connectivity index (χ1n) is 5.47. The maximum Gasteiger partial charge on any atom is 0.140 e. The summed E-state index contributed by atoms with van der Waals surface area (Å²) in [5, 5.41) is 4.85. The number of epoxide rings is 1. The first-order valence-corrected chi connectivity index (χ1v) is 5.85. The lowest BCUT2D eigenvalue weighted by Gasteiger charge is -2.14. The van der Waals surface area contributed by atoms with Gasteiger partial charge in [0.15, 0.2) is 0 Å².